The van der Waals surface area contributed by atoms with Crippen molar-refractivity contribution >= 4 is 17.5 Å². The van der Waals surface area contributed by atoms with Gasteiger partial charge in [0, 0.05) is 25.0 Å². The maximum Gasteiger partial charge on any atom is 0.241 e. The van der Waals surface area contributed by atoms with Gasteiger partial charge in [-0.05, 0) is 31.4 Å². The zero-order valence-corrected chi connectivity index (χ0v) is 10.7. The van der Waals surface area contributed by atoms with Gasteiger partial charge in [0.25, 0.3) is 0 Å². The van der Waals surface area contributed by atoms with Crippen LogP contribution in [-0.2, 0) is 0 Å². The molecule has 0 bridgehead atoms. The van der Waals surface area contributed by atoms with Crippen molar-refractivity contribution in [3.8, 4) is 5.95 Å². The van der Waals surface area contributed by atoms with E-state index >= 15 is 0 Å². The lowest BCUT2D eigenvalue weighted by Gasteiger charge is -2.21. The van der Waals surface area contributed by atoms with Crippen LogP contribution in [0.3, 0.4) is 0 Å². The Kier molecular flexibility index (Phi) is 2.87. The molecule has 3 rings (SSSR count). The van der Waals surface area contributed by atoms with Gasteiger partial charge in [-0.25, -0.2) is 4.98 Å². The summed E-state index contributed by atoms with van der Waals surface area (Å²) in [6.45, 7) is 3.13. The molecule has 18 heavy (non-hydrogen) atoms. The molecule has 2 aromatic heterocycles. The number of rotatable bonds is 2. The van der Waals surface area contributed by atoms with Gasteiger partial charge in [0.2, 0.25) is 17.2 Å². The van der Waals surface area contributed by atoms with Crippen LogP contribution in [0.2, 0.25) is 5.28 Å². The Morgan fingerprint density at radius 2 is 2.11 bits per heavy atom. The first kappa shape index (κ1) is 11.4. The third-order valence-electron chi connectivity index (χ3n) is 3.13. The van der Waals surface area contributed by atoms with Crippen molar-refractivity contribution in [1.82, 2.24) is 24.5 Å². The fourth-order valence-electron chi connectivity index (χ4n) is 2.18. The molecular weight excluding hydrogens is 252 g/mol. The van der Waals surface area contributed by atoms with Crippen LogP contribution in [-0.4, -0.2) is 37.1 Å². The predicted molar refractivity (Wildman–Crippen MR) is 68.0 cm³/mol. The number of hydrogen-bond donors (Lipinski definition) is 0. The van der Waals surface area contributed by atoms with Gasteiger partial charge in [0.15, 0.2) is 0 Å². The van der Waals surface area contributed by atoms with Crippen molar-refractivity contribution in [2.75, 3.05) is 11.4 Å². The van der Waals surface area contributed by atoms with E-state index in [0.717, 1.165) is 19.4 Å². The van der Waals surface area contributed by atoms with Crippen LogP contribution >= 0.6 is 11.6 Å². The number of imidazole rings is 1. The SMILES string of the molecule is CC1CCCN1c1nc(Cl)nc(-n2ccnc2)n1. The molecule has 3 heterocycles. The van der Waals surface area contributed by atoms with Crippen molar-refractivity contribution in [3.63, 3.8) is 0 Å². The van der Waals surface area contributed by atoms with Gasteiger partial charge < -0.3 is 4.90 Å². The highest BCUT2D eigenvalue weighted by atomic mass is 35.5. The Hall–Kier alpha value is -1.69. The Morgan fingerprint density at radius 1 is 1.28 bits per heavy atom. The highest BCUT2D eigenvalue weighted by Gasteiger charge is 2.23. The third kappa shape index (κ3) is 2.03. The summed E-state index contributed by atoms with van der Waals surface area (Å²) >= 11 is 5.97. The summed E-state index contributed by atoms with van der Waals surface area (Å²) in [6.07, 6.45) is 7.41. The molecule has 0 aliphatic carbocycles. The monoisotopic (exact) mass is 264 g/mol. The smallest absolute Gasteiger partial charge is 0.241 e. The van der Waals surface area contributed by atoms with Gasteiger partial charge >= 0.3 is 0 Å². The molecule has 1 aliphatic rings. The zero-order chi connectivity index (χ0) is 12.5. The largest absolute Gasteiger partial charge is 0.338 e. The van der Waals surface area contributed by atoms with Crippen LogP contribution < -0.4 is 4.90 Å². The van der Waals surface area contributed by atoms with Gasteiger partial charge in [0.1, 0.15) is 6.33 Å². The fraction of sp³-hybridized carbons (Fsp3) is 0.455. The molecule has 7 heteroatoms. The van der Waals surface area contributed by atoms with E-state index in [1.807, 2.05) is 0 Å². The lowest BCUT2D eigenvalue weighted by atomic mass is 10.2. The van der Waals surface area contributed by atoms with Crippen molar-refractivity contribution < 1.29 is 0 Å². The molecule has 1 fully saturated rings. The molecule has 1 saturated heterocycles. The predicted octanol–water partition coefficient (Wildman–Crippen LogP) is 1.70. The van der Waals surface area contributed by atoms with Crippen molar-refractivity contribution in [2.45, 2.75) is 25.8 Å². The van der Waals surface area contributed by atoms with Gasteiger partial charge in [0.05, 0.1) is 0 Å². The minimum absolute atomic E-state index is 0.211. The first-order valence-corrected chi connectivity index (χ1v) is 6.28. The number of aromatic nitrogens is 5. The molecule has 2 aromatic rings. The number of halogens is 1. The van der Waals surface area contributed by atoms with E-state index in [2.05, 4.69) is 31.8 Å². The average molecular weight is 265 g/mol. The molecule has 94 valence electrons. The first-order valence-electron chi connectivity index (χ1n) is 5.90. The molecule has 1 unspecified atom stereocenters. The minimum Gasteiger partial charge on any atom is -0.338 e. The van der Waals surface area contributed by atoms with Gasteiger partial charge in [-0.3, -0.25) is 4.57 Å². The highest BCUT2D eigenvalue weighted by Crippen LogP contribution is 2.23. The molecule has 0 amide bonds. The third-order valence-corrected chi connectivity index (χ3v) is 3.30. The standard InChI is InChI=1S/C11H13ClN6/c1-8-3-2-5-18(8)11-15-9(12)14-10(16-11)17-6-4-13-7-17/h4,6-8H,2-3,5H2,1H3. The summed E-state index contributed by atoms with van der Waals surface area (Å²) in [5.74, 6) is 1.14. The second kappa shape index (κ2) is 4.53. The Morgan fingerprint density at radius 3 is 2.78 bits per heavy atom. The highest BCUT2D eigenvalue weighted by molar-refractivity contribution is 6.28. The second-order valence-electron chi connectivity index (χ2n) is 4.36. The van der Waals surface area contributed by atoms with E-state index in [9.17, 15) is 0 Å². The zero-order valence-electron chi connectivity index (χ0n) is 9.99. The summed E-state index contributed by atoms with van der Waals surface area (Å²) < 4.78 is 1.72. The van der Waals surface area contributed by atoms with Crippen molar-refractivity contribution in [1.29, 1.82) is 0 Å². The van der Waals surface area contributed by atoms with E-state index in [4.69, 9.17) is 11.6 Å². The summed E-state index contributed by atoms with van der Waals surface area (Å²) in [6, 6.07) is 0.444. The van der Waals surface area contributed by atoms with Crippen LogP contribution in [0.4, 0.5) is 5.95 Å². The van der Waals surface area contributed by atoms with Crippen molar-refractivity contribution in [2.24, 2.45) is 0 Å². The van der Waals surface area contributed by atoms with E-state index in [-0.39, 0.29) is 5.28 Å². The Bertz CT molecular complexity index is 540. The van der Waals surface area contributed by atoms with Crippen LogP contribution in [0.5, 0.6) is 0 Å². The maximum atomic E-state index is 5.97. The van der Waals surface area contributed by atoms with E-state index in [1.54, 1.807) is 23.3 Å². The Labute approximate surface area is 110 Å². The van der Waals surface area contributed by atoms with Gasteiger partial charge in [-0.2, -0.15) is 15.0 Å². The van der Waals surface area contributed by atoms with Gasteiger partial charge in [-0.15, -0.1) is 0 Å². The van der Waals surface area contributed by atoms with Crippen LogP contribution in [0.15, 0.2) is 18.7 Å². The lowest BCUT2D eigenvalue weighted by Crippen LogP contribution is -2.28. The number of hydrogen-bond acceptors (Lipinski definition) is 5. The molecule has 0 saturated carbocycles. The summed E-state index contributed by atoms with van der Waals surface area (Å²) in [4.78, 5) is 18.9. The quantitative estimate of drug-likeness (QED) is 0.826. The summed E-state index contributed by atoms with van der Waals surface area (Å²) in [5.41, 5.74) is 0. The van der Waals surface area contributed by atoms with Crippen LogP contribution in [0, 0.1) is 0 Å². The number of nitrogens with zero attached hydrogens (tertiary/aromatic N) is 6. The first-order chi connectivity index (χ1) is 8.74. The molecule has 0 aromatic carbocycles. The summed E-state index contributed by atoms with van der Waals surface area (Å²) in [5, 5.41) is 0.211. The van der Waals surface area contributed by atoms with E-state index < -0.39 is 0 Å². The molecule has 0 spiro atoms. The van der Waals surface area contributed by atoms with Gasteiger partial charge in [-0.1, -0.05) is 0 Å². The normalized spacial score (nSPS) is 19.4. The van der Waals surface area contributed by atoms with Crippen LogP contribution in [0.1, 0.15) is 19.8 Å². The van der Waals surface area contributed by atoms with Crippen molar-refractivity contribution in [3.05, 3.63) is 24.0 Å². The fourth-order valence-corrected chi connectivity index (χ4v) is 2.33. The minimum atomic E-state index is 0.211. The number of anilines is 1. The average Bonchev–Trinajstić information content (AvgIpc) is 2.98. The van der Waals surface area contributed by atoms with E-state index in [0.29, 0.717) is 17.9 Å². The topological polar surface area (TPSA) is 59.7 Å². The molecule has 1 aliphatic heterocycles. The maximum absolute atomic E-state index is 5.97. The molecule has 0 N–H and O–H groups in total. The molecule has 0 radical (unpaired) electrons. The van der Waals surface area contributed by atoms with Crippen LogP contribution in [0.25, 0.3) is 5.95 Å². The lowest BCUT2D eigenvalue weighted by molar-refractivity contribution is 0.710. The van der Waals surface area contributed by atoms with E-state index in [1.165, 1.54) is 0 Å². The second-order valence-corrected chi connectivity index (χ2v) is 4.70. The molecule has 6 nitrogen and oxygen atoms in total. The molecule has 1 atom stereocenters. The molecular formula is C11H13ClN6. The Balaban J connectivity index is 2.01. The summed E-state index contributed by atoms with van der Waals surface area (Å²) in [7, 11) is 0.